The standard InChI is InChI=1S/C4H12N.C2N2S/c1-5(2,3)4;3-1-5-2-4/h1-4H3;/q+1;. The second-order valence-corrected chi connectivity index (χ2v) is 3.54. The van der Waals surface area contributed by atoms with Gasteiger partial charge in [-0.25, -0.2) is 0 Å². The van der Waals surface area contributed by atoms with Crippen LogP contribution >= 0.6 is 11.8 Å². The van der Waals surface area contributed by atoms with Crippen molar-refractivity contribution >= 4 is 11.8 Å². The van der Waals surface area contributed by atoms with E-state index in [1.54, 1.807) is 10.8 Å². The van der Waals surface area contributed by atoms with Crippen molar-refractivity contribution in [2.75, 3.05) is 28.2 Å². The van der Waals surface area contributed by atoms with Crippen LogP contribution in [-0.4, -0.2) is 32.7 Å². The Labute approximate surface area is 66.4 Å². The van der Waals surface area contributed by atoms with Gasteiger partial charge in [0.1, 0.15) is 10.8 Å². The van der Waals surface area contributed by atoms with Gasteiger partial charge in [-0.05, 0) is 0 Å². The van der Waals surface area contributed by atoms with Crippen molar-refractivity contribution < 1.29 is 4.48 Å². The highest BCUT2D eigenvalue weighted by Gasteiger charge is 1.88. The SMILES string of the molecule is C[N+](C)(C)C.N#CSC#N. The molecule has 0 aromatic rings. The molecule has 0 spiro atoms. The van der Waals surface area contributed by atoms with Crippen molar-refractivity contribution in [2.24, 2.45) is 0 Å². The molecule has 0 aliphatic rings. The summed E-state index contributed by atoms with van der Waals surface area (Å²) in [5.74, 6) is 0. The average molecular weight is 158 g/mol. The lowest BCUT2D eigenvalue weighted by Gasteiger charge is -2.14. The molecular weight excluding hydrogens is 146 g/mol. The molecule has 56 valence electrons. The van der Waals surface area contributed by atoms with Gasteiger partial charge in [0.2, 0.25) is 0 Å². The molecule has 4 heteroatoms. The molecule has 0 amide bonds. The largest absolute Gasteiger partial charge is 0.333 e. The normalized spacial score (nSPS) is 8.20. The van der Waals surface area contributed by atoms with Crippen LogP contribution in [0, 0.1) is 21.3 Å². The van der Waals surface area contributed by atoms with Gasteiger partial charge < -0.3 is 4.48 Å². The van der Waals surface area contributed by atoms with E-state index < -0.39 is 0 Å². The summed E-state index contributed by atoms with van der Waals surface area (Å²) in [5.41, 5.74) is 0. The summed E-state index contributed by atoms with van der Waals surface area (Å²) in [7, 11) is 8.50. The summed E-state index contributed by atoms with van der Waals surface area (Å²) in [5, 5.41) is 18.3. The average Bonchev–Trinajstić information content (AvgIpc) is 1.63. The third-order valence-corrected chi connectivity index (χ3v) is 0.274. The number of quaternary nitrogens is 1. The third-order valence-electron chi connectivity index (χ3n) is 0.0913. The lowest BCUT2D eigenvalue weighted by Crippen LogP contribution is -2.27. The molecule has 0 aliphatic carbocycles. The highest BCUT2D eigenvalue weighted by molar-refractivity contribution is 8.07. The highest BCUT2D eigenvalue weighted by Crippen LogP contribution is 1.85. The van der Waals surface area contributed by atoms with Crippen LogP contribution in [0.3, 0.4) is 0 Å². The highest BCUT2D eigenvalue weighted by atomic mass is 32.2. The summed E-state index contributed by atoms with van der Waals surface area (Å²) in [6, 6.07) is 0. The van der Waals surface area contributed by atoms with Gasteiger partial charge in [0, 0.05) is 0 Å². The monoisotopic (exact) mass is 158 g/mol. The van der Waals surface area contributed by atoms with E-state index in [-0.39, 0.29) is 0 Å². The number of hydrogen-bond donors (Lipinski definition) is 0. The number of hydrogen-bond acceptors (Lipinski definition) is 3. The maximum absolute atomic E-state index is 7.56. The minimum Gasteiger partial charge on any atom is -0.333 e. The molecule has 0 aromatic heterocycles. The number of nitriles is 2. The van der Waals surface area contributed by atoms with Crippen molar-refractivity contribution in [3.63, 3.8) is 0 Å². The van der Waals surface area contributed by atoms with E-state index in [0.29, 0.717) is 11.8 Å². The second-order valence-electron chi connectivity index (χ2n) is 2.97. The zero-order valence-corrected chi connectivity index (χ0v) is 7.57. The third kappa shape index (κ3) is 173. The van der Waals surface area contributed by atoms with Crippen molar-refractivity contribution in [2.45, 2.75) is 0 Å². The van der Waals surface area contributed by atoms with Gasteiger partial charge in [-0.2, -0.15) is 10.5 Å². The van der Waals surface area contributed by atoms with Gasteiger partial charge in [-0.3, -0.25) is 0 Å². The molecule has 0 heterocycles. The number of thioether (sulfide) groups is 1. The van der Waals surface area contributed by atoms with E-state index in [1.165, 1.54) is 0 Å². The van der Waals surface area contributed by atoms with Crippen molar-refractivity contribution in [3.05, 3.63) is 0 Å². The van der Waals surface area contributed by atoms with Crippen LogP contribution in [0.25, 0.3) is 0 Å². The summed E-state index contributed by atoms with van der Waals surface area (Å²) in [6.45, 7) is 0. The predicted octanol–water partition coefficient (Wildman–Crippen LogP) is 1.00. The number of nitrogens with zero attached hydrogens (tertiary/aromatic N) is 3. The molecule has 0 unspecified atom stereocenters. The van der Waals surface area contributed by atoms with Gasteiger partial charge in [-0.15, -0.1) is 0 Å². The van der Waals surface area contributed by atoms with Gasteiger partial charge in [0.15, 0.2) is 0 Å². The second kappa shape index (κ2) is 6.41. The predicted molar refractivity (Wildman–Crippen MR) is 42.8 cm³/mol. The van der Waals surface area contributed by atoms with Crippen LogP contribution in [0.4, 0.5) is 0 Å². The lowest BCUT2D eigenvalue weighted by atomic mass is 10.8. The zero-order valence-electron chi connectivity index (χ0n) is 6.75. The van der Waals surface area contributed by atoms with Crippen LogP contribution in [0.2, 0.25) is 0 Å². The number of rotatable bonds is 0. The minimum absolute atomic E-state index is 0.574. The fraction of sp³-hybridized carbons (Fsp3) is 0.667. The zero-order chi connectivity index (χ0) is 8.62. The molecule has 3 nitrogen and oxygen atoms in total. The fourth-order valence-electron chi connectivity index (χ4n) is 0.0204. The Kier molecular flexibility index (Phi) is 7.70. The van der Waals surface area contributed by atoms with Crippen LogP contribution in [0.15, 0.2) is 0 Å². The van der Waals surface area contributed by atoms with E-state index in [2.05, 4.69) is 28.2 Å². The first-order valence-corrected chi connectivity index (χ1v) is 3.46. The molecule has 10 heavy (non-hydrogen) atoms. The van der Waals surface area contributed by atoms with E-state index in [0.717, 1.165) is 4.48 Å². The number of thiocyanates is 2. The van der Waals surface area contributed by atoms with Crippen molar-refractivity contribution in [3.8, 4) is 10.8 Å². The van der Waals surface area contributed by atoms with Crippen molar-refractivity contribution in [1.29, 1.82) is 10.5 Å². The first-order valence-electron chi connectivity index (χ1n) is 2.64. The summed E-state index contributed by atoms with van der Waals surface area (Å²) >= 11 is 0.574. The van der Waals surface area contributed by atoms with Crippen molar-refractivity contribution in [1.82, 2.24) is 0 Å². The quantitative estimate of drug-likeness (QED) is 0.390. The van der Waals surface area contributed by atoms with Gasteiger partial charge in [0.25, 0.3) is 0 Å². The van der Waals surface area contributed by atoms with Gasteiger partial charge >= 0.3 is 0 Å². The van der Waals surface area contributed by atoms with E-state index in [4.69, 9.17) is 10.5 Å². The van der Waals surface area contributed by atoms with Crippen LogP contribution in [0.1, 0.15) is 0 Å². The molecule has 0 saturated heterocycles. The molecule has 0 aliphatic heterocycles. The van der Waals surface area contributed by atoms with E-state index in [9.17, 15) is 0 Å². The Morgan fingerprint density at radius 3 is 1.20 bits per heavy atom. The molecule has 0 fully saturated rings. The van der Waals surface area contributed by atoms with Crippen LogP contribution in [0.5, 0.6) is 0 Å². The molecule has 0 radical (unpaired) electrons. The maximum Gasteiger partial charge on any atom is 0.149 e. The lowest BCUT2D eigenvalue weighted by molar-refractivity contribution is -0.849. The minimum atomic E-state index is 0.574. The van der Waals surface area contributed by atoms with Gasteiger partial charge in [0.05, 0.1) is 40.0 Å². The smallest absolute Gasteiger partial charge is 0.149 e. The maximum atomic E-state index is 7.56. The Morgan fingerprint density at radius 2 is 1.20 bits per heavy atom. The van der Waals surface area contributed by atoms with Crippen LogP contribution < -0.4 is 0 Å². The Bertz CT molecular complexity index is 128. The summed E-state index contributed by atoms with van der Waals surface area (Å²) < 4.78 is 1.00. The van der Waals surface area contributed by atoms with E-state index in [1.807, 2.05) is 0 Å². The first kappa shape index (κ1) is 12.0. The summed E-state index contributed by atoms with van der Waals surface area (Å²) in [6.07, 6.45) is 0. The Balaban J connectivity index is 0. The molecule has 0 aromatic carbocycles. The molecular formula is C6H12N3S+. The van der Waals surface area contributed by atoms with Crippen LogP contribution in [-0.2, 0) is 0 Å². The van der Waals surface area contributed by atoms with E-state index >= 15 is 0 Å². The Morgan fingerprint density at radius 1 is 1.00 bits per heavy atom. The fourth-order valence-corrected chi connectivity index (χ4v) is 0.0612. The molecule has 0 saturated carbocycles. The molecule has 0 N–H and O–H groups in total. The topological polar surface area (TPSA) is 47.6 Å². The van der Waals surface area contributed by atoms with Gasteiger partial charge in [-0.1, -0.05) is 0 Å². The molecule has 0 bridgehead atoms. The first-order chi connectivity index (χ1) is 4.41. The summed E-state index contributed by atoms with van der Waals surface area (Å²) in [4.78, 5) is 0. The Hall–Kier alpha value is -0.710. The molecule has 0 rings (SSSR count). The molecule has 0 atom stereocenters.